The molecule has 3 heterocycles. The van der Waals surface area contributed by atoms with Crippen LogP contribution in [-0.4, -0.2) is 38.7 Å². The van der Waals surface area contributed by atoms with E-state index in [1.54, 1.807) is 17.9 Å². The predicted octanol–water partition coefficient (Wildman–Crippen LogP) is 1.76. The Morgan fingerprint density at radius 1 is 1.43 bits per heavy atom. The standard InChI is InChI=1S/C16H20N4O3/c1-11-6-13(18-23-11)16(21)19-4-5-20-10-17-14(15(20)7-19)9-22-8-12-2-3-12/h6,10,12H,2-5,7-9H2,1H3. The number of imidazole rings is 1. The third-order valence-corrected chi connectivity index (χ3v) is 4.41. The lowest BCUT2D eigenvalue weighted by molar-refractivity contribution is 0.0693. The van der Waals surface area contributed by atoms with Crippen LogP contribution in [0.3, 0.4) is 0 Å². The van der Waals surface area contributed by atoms with Crippen LogP contribution in [0.25, 0.3) is 0 Å². The molecule has 1 amide bonds. The van der Waals surface area contributed by atoms with Gasteiger partial charge in [0.25, 0.3) is 5.91 Å². The van der Waals surface area contributed by atoms with Crippen molar-refractivity contribution in [3.63, 3.8) is 0 Å². The van der Waals surface area contributed by atoms with E-state index in [-0.39, 0.29) is 5.91 Å². The highest BCUT2D eigenvalue weighted by atomic mass is 16.5. The lowest BCUT2D eigenvalue weighted by Gasteiger charge is -2.28. The normalized spacial score (nSPS) is 17.3. The van der Waals surface area contributed by atoms with Gasteiger partial charge in [0.2, 0.25) is 0 Å². The summed E-state index contributed by atoms with van der Waals surface area (Å²) in [5, 5.41) is 3.82. The first-order valence-corrected chi connectivity index (χ1v) is 8.04. The van der Waals surface area contributed by atoms with Crippen molar-refractivity contribution < 1.29 is 14.1 Å². The second-order valence-corrected chi connectivity index (χ2v) is 6.34. The first kappa shape index (κ1) is 14.4. The highest BCUT2D eigenvalue weighted by Crippen LogP contribution is 2.29. The van der Waals surface area contributed by atoms with Gasteiger partial charge in [-0.2, -0.15) is 0 Å². The van der Waals surface area contributed by atoms with E-state index in [1.165, 1.54) is 12.8 Å². The number of hydrogen-bond acceptors (Lipinski definition) is 5. The smallest absolute Gasteiger partial charge is 0.276 e. The SMILES string of the molecule is Cc1cc(C(=O)N2CCn3cnc(COCC4CC4)c3C2)no1. The third-order valence-electron chi connectivity index (χ3n) is 4.41. The lowest BCUT2D eigenvalue weighted by Crippen LogP contribution is -2.38. The van der Waals surface area contributed by atoms with E-state index in [0.29, 0.717) is 31.2 Å². The van der Waals surface area contributed by atoms with Gasteiger partial charge >= 0.3 is 0 Å². The fourth-order valence-corrected chi connectivity index (χ4v) is 2.84. The van der Waals surface area contributed by atoms with Gasteiger partial charge in [0, 0.05) is 25.8 Å². The number of nitrogens with zero attached hydrogens (tertiary/aromatic N) is 4. The second kappa shape index (κ2) is 5.81. The van der Waals surface area contributed by atoms with Gasteiger partial charge < -0.3 is 18.7 Å². The molecular formula is C16H20N4O3. The van der Waals surface area contributed by atoms with Crippen LogP contribution in [0.2, 0.25) is 0 Å². The molecule has 1 fully saturated rings. The molecule has 122 valence electrons. The molecule has 0 bridgehead atoms. The van der Waals surface area contributed by atoms with Crippen molar-refractivity contribution in [2.75, 3.05) is 13.2 Å². The molecular weight excluding hydrogens is 296 g/mol. The Hall–Kier alpha value is -2.15. The number of aromatic nitrogens is 3. The number of rotatable bonds is 5. The van der Waals surface area contributed by atoms with E-state index in [9.17, 15) is 4.79 Å². The number of amides is 1. The van der Waals surface area contributed by atoms with Gasteiger partial charge in [-0.05, 0) is 25.7 Å². The van der Waals surface area contributed by atoms with E-state index in [0.717, 1.165) is 30.5 Å². The molecule has 0 N–H and O–H groups in total. The van der Waals surface area contributed by atoms with Gasteiger partial charge in [-0.1, -0.05) is 5.16 Å². The first-order chi connectivity index (χ1) is 11.2. The van der Waals surface area contributed by atoms with E-state index in [4.69, 9.17) is 9.26 Å². The molecule has 2 aliphatic rings. The molecule has 1 aliphatic heterocycles. The summed E-state index contributed by atoms with van der Waals surface area (Å²) < 4.78 is 12.9. The highest BCUT2D eigenvalue weighted by molar-refractivity contribution is 5.92. The van der Waals surface area contributed by atoms with Crippen LogP contribution < -0.4 is 0 Å². The van der Waals surface area contributed by atoms with Crippen molar-refractivity contribution in [3.05, 3.63) is 35.2 Å². The maximum Gasteiger partial charge on any atom is 0.276 e. The molecule has 0 aromatic carbocycles. The molecule has 1 aliphatic carbocycles. The molecule has 0 saturated heterocycles. The number of hydrogen-bond donors (Lipinski definition) is 0. The summed E-state index contributed by atoms with van der Waals surface area (Å²) in [6.07, 6.45) is 4.40. The van der Waals surface area contributed by atoms with Crippen LogP contribution in [0, 0.1) is 12.8 Å². The van der Waals surface area contributed by atoms with Crippen LogP contribution in [0.4, 0.5) is 0 Å². The van der Waals surface area contributed by atoms with Crippen LogP contribution in [0.5, 0.6) is 0 Å². The number of carbonyl (C=O) groups excluding carboxylic acids is 1. The van der Waals surface area contributed by atoms with Crippen LogP contribution in [0.15, 0.2) is 16.9 Å². The zero-order chi connectivity index (χ0) is 15.8. The average molecular weight is 316 g/mol. The lowest BCUT2D eigenvalue weighted by atomic mass is 10.2. The number of carbonyl (C=O) groups is 1. The first-order valence-electron chi connectivity index (χ1n) is 8.04. The Morgan fingerprint density at radius 2 is 2.30 bits per heavy atom. The summed E-state index contributed by atoms with van der Waals surface area (Å²) in [4.78, 5) is 18.8. The van der Waals surface area contributed by atoms with E-state index < -0.39 is 0 Å². The van der Waals surface area contributed by atoms with Crippen molar-refractivity contribution in [2.24, 2.45) is 5.92 Å². The largest absolute Gasteiger partial charge is 0.375 e. The molecule has 2 aromatic rings. The zero-order valence-corrected chi connectivity index (χ0v) is 13.2. The van der Waals surface area contributed by atoms with E-state index in [2.05, 4.69) is 14.7 Å². The van der Waals surface area contributed by atoms with Gasteiger partial charge in [0.15, 0.2) is 5.69 Å². The molecule has 4 rings (SSSR count). The molecule has 1 saturated carbocycles. The molecule has 0 unspecified atom stereocenters. The van der Waals surface area contributed by atoms with Gasteiger partial charge in [0.05, 0.1) is 30.9 Å². The molecule has 0 atom stereocenters. The molecule has 0 spiro atoms. The summed E-state index contributed by atoms with van der Waals surface area (Å²) in [6.45, 7) is 5.04. The Balaban J connectivity index is 1.44. The monoisotopic (exact) mass is 316 g/mol. The topological polar surface area (TPSA) is 73.4 Å². The Labute approximate surface area is 134 Å². The Kier molecular flexibility index (Phi) is 3.65. The maximum absolute atomic E-state index is 12.5. The minimum absolute atomic E-state index is 0.0980. The fraction of sp³-hybridized carbons (Fsp3) is 0.562. The number of fused-ring (bicyclic) bond motifs is 1. The van der Waals surface area contributed by atoms with E-state index >= 15 is 0 Å². The number of aryl methyl sites for hydroxylation is 1. The van der Waals surface area contributed by atoms with Crippen LogP contribution in [0.1, 0.15) is 40.5 Å². The van der Waals surface area contributed by atoms with Gasteiger partial charge in [-0.15, -0.1) is 0 Å². The fourth-order valence-electron chi connectivity index (χ4n) is 2.84. The van der Waals surface area contributed by atoms with Gasteiger partial charge in [-0.25, -0.2) is 4.98 Å². The van der Waals surface area contributed by atoms with Crippen LogP contribution in [-0.2, 0) is 24.4 Å². The predicted molar refractivity (Wildman–Crippen MR) is 80.6 cm³/mol. The van der Waals surface area contributed by atoms with Crippen molar-refractivity contribution in [1.82, 2.24) is 19.6 Å². The number of ether oxygens (including phenoxy) is 1. The molecule has 7 heteroatoms. The summed E-state index contributed by atoms with van der Waals surface area (Å²) in [6, 6.07) is 1.67. The molecule has 0 radical (unpaired) electrons. The summed E-state index contributed by atoms with van der Waals surface area (Å²) in [5.41, 5.74) is 2.35. The molecule has 2 aromatic heterocycles. The second-order valence-electron chi connectivity index (χ2n) is 6.34. The summed E-state index contributed by atoms with van der Waals surface area (Å²) in [5.74, 6) is 1.28. The summed E-state index contributed by atoms with van der Waals surface area (Å²) >= 11 is 0. The van der Waals surface area contributed by atoms with Crippen LogP contribution >= 0.6 is 0 Å². The summed E-state index contributed by atoms with van der Waals surface area (Å²) in [7, 11) is 0. The highest BCUT2D eigenvalue weighted by Gasteiger charge is 2.27. The van der Waals surface area contributed by atoms with E-state index in [1.807, 2.05) is 6.33 Å². The molecule has 7 nitrogen and oxygen atoms in total. The van der Waals surface area contributed by atoms with Crippen molar-refractivity contribution in [2.45, 2.75) is 39.5 Å². The quantitative estimate of drug-likeness (QED) is 0.840. The minimum Gasteiger partial charge on any atom is -0.375 e. The Bertz CT molecular complexity index is 717. The van der Waals surface area contributed by atoms with Gasteiger partial charge in [0.1, 0.15) is 5.76 Å². The third kappa shape index (κ3) is 3.01. The average Bonchev–Trinajstić information content (AvgIpc) is 3.14. The Morgan fingerprint density at radius 3 is 3.04 bits per heavy atom. The van der Waals surface area contributed by atoms with Crippen molar-refractivity contribution in [1.29, 1.82) is 0 Å². The minimum atomic E-state index is -0.0980. The maximum atomic E-state index is 12.5. The zero-order valence-electron chi connectivity index (χ0n) is 13.2. The molecule has 23 heavy (non-hydrogen) atoms. The van der Waals surface area contributed by atoms with Crippen molar-refractivity contribution in [3.8, 4) is 0 Å². The van der Waals surface area contributed by atoms with Crippen molar-refractivity contribution >= 4 is 5.91 Å². The van der Waals surface area contributed by atoms with Gasteiger partial charge in [-0.3, -0.25) is 4.79 Å².